The first-order chi connectivity index (χ1) is 15.9. The molecule has 3 aromatic carbocycles. The summed E-state index contributed by atoms with van der Waals surface area (Å²) in [6.07, 6.45) is -0.220. The van der Waals surface area contributed by atoms with Crippen LogP contribution < -0.4 is 40.2 Å². The Labute approximate surface area is 222 Å². The van der Waals surface area contributed by atoms with Gasteiger partial charge >= 0.3 is 29.6 Å². The molecule has 34 heavy (non-hydrogen) atoms. The summed E-state index contributed by atoms with van der Waals surface area (Å²) in [4.78, 5) is 36.9. The fraction of sp³-hybridized carbons (Fsp3) is 0.160. The standard InChI is InChI=1S/C25H20ClN3O4.Na/c26-20-11-9-17(10-12-20)16-5-7-18(8-6-16)23(30)15-19(25(32)33)13-14-29-24(31)21-3-1-2-4-22(21)27-28-29;/h1-12,19H,13-15H2,(H,32,33);/q;+1/p-1. The van der Waals surface area contributed by atoms with E-state index in [2.05, 4.69) is 10.3 Å². The summed E-state index contributed by atoms with van der Waals surface area (Å²) in [6.45, 7) is 0.0120. The van der Waals surface area contributed by atoms with Gasteiger partial charge in [-0.2, -0.15) is 0 Å². The van der Waals surface area contributed by atoms with Gasteiger partial charge in [0.1, 0.15) is 5.52 Å². The zero-order chi connectivity index (χ0) is 23.4. The Morgan fingerprint density at radius 1 is 0.941 bits per heavy atom. The number of aryl methyl sites for hydroxylation is 1. The first-order valence-electron chi connectivity index (χ1n) is 10.3. The number of ketones is 1. The molecule has 0 spiro atoms. The molecule has 0 saturated carbocycles. The average molecular weight is 484 g/mol. The van der Waals surface area contributed by atoms with Crippen LogP contribution in [0.3, 0.4) is 0 Å². The minimum absolute atomic E-state index is 0. The number of benzene rings is 3. The van der Waals surface area contributed by atoms with E-state index in [1.807, 2.05) is 12.1 Å². The molecule has 0 aliphatic heterocycles. The van der Waals surface area contributed by atoms with E-state index in [9.17, 15) is 19.5 Å². The van der Waals surface area contributed by atoms with E-state index < -0.39 is 11.9 Å². The van der Waals surface area contributed by atoms with Crippen LogP contribution in [0.4, 0.5) is 0 Å². The van der Waals surface area contributed by atoms with Crippen molar-refractivity contribution < 1.29 is 44.3 Å². The van der Waals surface area contributed by atoms with Gasteiger partial charge in [0.15, 0.2) is 5.78 Å². The van der Waals surface area contributed by atoms with Crippen molar-refractivity contribution in [2.75, 3.05) is 0 Å². The maximum Gasteiger partial charge on any atom is 1.00 e. The van der Waals surface area contributed by atoms with E-state index in [-0.39, 0.29) is 60.3 Å². The number of hydrogen-bond acceptors (Lipinski definition) is 6. The van der Waals surface area contributed by atoms with E-state index >= 15 is 0 Å². The number of aliphatic carboxylic acids is 1. The number of Topliss-reactive ketones (excluding diaryl/α,β-unsaturated/α-hetero) is 1. The van der Waals surface area contributed by atoms with Crippen molar-refractivity contribution >= 4 is 34.3 Å². The van der Waals surface area contributed by atoms with Crippen LogP contribution in [0.2, 0.25) is 5.02 Å². The van der Waals surface area contributed by atoms with E-state index in [0.717, 1.165) is 15.8 Å². The maximum absolute atomic E-state index is 12.7. The van der Waals surface area contributed by atoms with Gasteiger partial charge in [0.25, 0.3) is 5.56 Å². The van der Waals surface area contributed by atoms with Crippen LogP contribution in [-0.4, -0.2) is 26.7 Å². The van der Waals surface area contributed by atoms with Gasteiger partial charge in [-0.3, -0.25) is 9.59 Å². The van der Waals surface area contributed by atoms with Crippen molar-refractivity contribution in [3.8, 4) is 11.1 Å². The molecule has 4 aromatic rings. The van der Waals surface area contributed by atoms with Crippen molar-refractivity contribution in [3.05, 3.63) is 93.7 Å². The molecule has 1 heterocycles. The number of carboxylic acids is 1. The fourth-order valence-electron chi connectivity index (χ4n) is 3.58. The summed E-state index contributed by atoms with van der Waals surface area (Å²) in [5.41, 5.74) is 2.37. The first-order valence-corrected chi connectivity index (χ1v) is 10.7. The van der Waals surface area contributed by atoms with Crippen LogP contribution in [0.1, 0.15) is 23.2 Å². The normalized spacial score (nSPS) is 11.6. The molecule has 0 amide bonds. The number of fused-ring (bicyclic) bond motifs is 1. The molecule has 1 aromatic heterocycles. The molecule has 1 unspecified atom stereocenters. The Bertz CT molecular complexity index is 1370. The van der Waals surface area contributed by atoms with Crippen LogP contribution in [0.15, 0.2) is 77.6 Å². The Morgan fingerprint density at radius 2 is 1.56 bits per heavy atom. The molecule has 1 atom stereocenters. The minimum atomic E-state index is -1.34. The van der Waals surface area contributed by atoms with Gasteiger partial charge in [-0.15, -0.1) is 5.10 Å². The summed E-state index contributed by atoms with van der Waals surface area (Å²) in [7, 11) is 0. The molecule has 9 heteroatoms. The van der Waals surface area contributed by atoms with Crippen molar-refractivity contribution in [1.29, 1.82) is 0 Å². The van der Waals surface area contributed by atoms with E-state index in [0.29, 0.717) is 21.5 Å². The van der Waals surface area contributed by atoms with Crippen molar-refractivity contribution in [2.24, 2.45) is 5.92 Å². The molecular weight excluding hydrogens is 465 g/mol. The third kappa shape index (κ3) is 5.98. The number of rotatable bonds is 8. The van der Waals surface area contributed by atoms with Gasteiger partial charge in [0.05, 0.1) is 5.39 Å². The summed E-state index contributed by atoms with van der Waals surface area (Å²) >= 11 is 5.92. The van der Waals surface area contributed by atoms with E-state index in [1.54, 1.807) is 60.7 Å². The molecule has 0 radical (unpaired) electrons. The largest absolute Gasteiger partial charge is 1.00 e. The number of carbonyl (C=O) groups excluding carboxylic acids is 2. The maximum atomic E-state index is 12.7. The molecule has 0 fully saturated rings. The number of carboxylic acid groups (broad SMARTS) is 1. The fourth-order valence-corrected chi connectivity index (χ4v) is 3.71. The van der Waals surface area contributed by atoms with Crippen LogP contribution >= 0.6 is 11.6 Å². The Morgan fingerprint density at radius 3 is 2.21 bits per heavy atom. The Kier molecular flexibility index (Phi) is 8.74. The number of hydrogen-bond donors (Lipinski definition) is 0. The second kappa shape index (κ2) is 11.5. The van der Waals surface area contributed by atoms with E-state index in [4.69, 9.17) is 11.6 Å². The van der Waals surface area contributed by atoms with Crippen LogP contribution in [0.25, 0.3) is 22.0 Å². The van der Waals surface area contributed by atoms with Gasteiger partial charge in [0, 0.05) is 35.4 Å². The molecule has 0 N–H and O–H groups in total. The monoisotopic (exact) mass is 483 g/mol. The molecule has 7 nitrogen and oxygen atoms in total. The van der Waals surface area contributed by atoms with E-state index in [1.165, 1.54) is 0 Å². The number of carbonyl (C=O) groups is 2. The zero-order valence-electron chi connectivity index (χ0n) is 18.5. The molecule has 4 rings (SSSR count). The average Bonchev–Trinajstić information content (AvgIpc) is 2.83. The van der Waals surface area contributed by atoms with Crippen molar-refractivity contribution in [2.45, 2.75) is 19.4 Å². The number of aromatic nitrogens is 3. The summed E-state index contributed by atoms with van der Waals surface area (Å²) in [6, 6.07) is 21.0. The zero-order valence-corrected chi connectivity index (χ0v) is 21.2. The quantitative estimate of drug-likeness (QED) is 0.261. The van der Waals surface area contributed by atoms with Gasteiger partial charge in [-0.25, -0.2) is 4.68 Å². The minimum Gasteiger partial charge on any atom is -0.550 e. The predicted octanol–water partition coefficient (Wildman–Crippen LogP) is 0.145. The van der Waals surface area contributed by atoms with Gasteiger partial charge < -0.3 is 9.90 Å². The topological polar surface area (TPSA) is 105 Å². The number of nitrogens with zero attached hydrogens (tertiary/aromatic N) is 3. The SMILES string of the molecule is O=C(CC(CCn1nnc2ccccc2c1=O)C(=O)[O-])c1ccc(-c2ccc(Cl)cc2)cc1.[Na+]. The molecule has 0 aliphatic carbocycles. The summed E-state index contributed by atoms with van der Waals surface area (Å²) in [5, 5.41) is 20.5. The van der Waals surface area contributed by atoms with Crippen molar-refractivity contribution in [3.63, 3.8) is 0 Å². The third-order valence-corrected chi connectivity index (χ3v) is 5.72. The van der Waals surface area contributed by atoms with Crippen molar-refractivity contribution in [1.82, 2.24) is 15.0 Å². The second-order valence-electron chi connectivity index (χ2n) is 7.65. The molecule has 0 aliphatic rings. The molecule has 0 bridgehead atoms. The molecular formula is C25H19ClN3NaO4. The van der Waals surface area contributed by atoms with Crippen LogP contribution in [0, 0.1) is 5.92 Å². The van der Waals surface area contributed by atoms with Crippen LogP contribution in [-0.2, 0) is 11.3 Å². The summed E-state index contributed by atoms with van der Waals surface area (Å²) in [5.74, 6) is -2.72. The predicted molar refractivity (Wildman–Crippen MR) is 123 cm³/mol. The van der Waals surface area contributed by atoms with Gasteiger partial charge in [-0.1, -0.05) is 65.3 Å². The Hall–Kier alpha value is -2.84. The molecule has 166 valence electrons. The smallest absolute Gasteiger partial charge is 0.550 e. The number of halogens is 1. The third-order valence-electron chi connectivity index (χ3n) is 5.47. The van der Waals surface area contributed by atoms with Gasteiger partial charge in [-0.05, 0) is 41.8 Å². The second-order valence-corrected chi connectivity index (χ2v) is 8.09. The Balaban J connectivity index is 0.00000324. The molecule has 0 saturated heterocycles. The first kappa shape index (κ1) is 25.8. The summed E-state index contributed by atoms with van der Waals surface area (Å²) < 4.78 is 1.11. The van der Waals surface area contributed by atoms with Crippen LogP contribution in [0.5, 0.6) is 0 Å². The van der Waals surface area contributed by atoms with Gasteiger partial charge in [0.2, 0.25) is 0 Å².